The Kier molecular flexibility index (Phi) is 9.92. The molecule has 5 aromatic rings. The van der Waals surface area contributed by atoms with E-state index in [0.717, 1.165) is 11.8 Å². The van der Waals surface area contributed by atoms with Gasteiger partial charge in [0.2, 0.25) is 28.6 Å². The van der Waals surface area contributed by atoms with E-state index in [1.807, 2.05) is 0 Å². The number of rotatable bonds is 11. The fourth-order valence-corrected chi connectivity index (χ4v) is 7.29. The first-order chi connectivity index (χ1) is 24.1. The summed E-state index contributed by atoms with van der Waals surface area (Å²) in [4.78, 5) is 57.9. The summed E-state index contributed by atoms with van der Waals surface area (Å²) in [5, 5.41) is 39.1. The van der Waals surface area contributed by atoms with Crippen molar-refractivity contribution in [3.05, 3.63) is 174 Å². The Balaban J connectivity index is 1.61. The van der Waals surface area contributed by atoms with Crippen LogP contribution >= 0.6 is 11.8 Å². The van der Waals surface area contributed by atoms with Crippen LogP contribution in [0.3, 0.4) is 0 Å². The van der Waals surface area contributed by atoms with Gasteiger partial charge in [-0.1, -0.05) is 139 Å². The van der Waals surface area contributed by atoms with Crippen LogP contribution in [0.2, 0.25) is 0 Å². The van der Waals surface area contributed by atoms with E-state index in [9.17, 15) is 34.5 Å². The van der Waals surface area contributed by atoms with Crippen LogP contribution < -0.4 is 0 Å². The number of hydrogen-bond donors (Lipinski definition) is 3. The van der Waals surface area contributed by atoms with Gasteiger partial charge in [-0.2, -0.15) is 0 Å². The minimum atomic E-state index is -3.64. The van der Waals surface area contributed by atoms with Gasteiger partial charge in [-0.05, 0) is 24.3 Å². The molecule has 0 bridgehead atoms. The van der Waals surface area contributed by atoms with E-state index >= 15 is 0 Å². The molecule has 1 aliphatic heterocycles. The second kappa shape index (κ2) is 14.3. The summed E-state index contributed by atoms with van der Waals surface area (Å²) in [6.07, 6.45) is -1.99. The SMILES string of the molecule is O=C(OC[C@H]1O[C@@H](Sc2ccccc2)[C@@](O)(C(=O)c2ccccc2)[C@](O)(C(=O)c2ccccc2)[C@]1(O)C(=O)c1ccccc1)c1ccccc1. The minimum absolute atomic E-state index is 0.139. The first-order valence-corrected chi connectivity index (χ1v) is 16.6. The third-order valence-corrected chi connectivity index (χ3v) is 9.90. The fourth-order valence-electron chi connectivity index (χ4n) is 6.09. The van der Waals surface area contributed by atoms with Crippen molar-refractivity contribution in [3.8, 4) is 0 Å². The van der Waals surface area contributed by atoms with Gasteiger partial charge >= 0.3 is 5.97 Å². The summed E-state index contributed by atoms with van der Waals surface area (Å²) in [6.45, 7) is -0.866. The van der Waals surface area contributed by atoms with Crippen LogP contribution in [0.15, 0.2) is 157 Å². The van der Waals surface area contributed by atoms with Gasteiger partial charge in [-0.3, -0.25) is 14.4 Å². The normalized spacial score (nSPS) is 24.5. The maximum absolute atomic E-state index is 14.9. The molecule has 1 aliphatic rings. The molecular weight excluding hydrogens is 656 g/mol. The summed E-state index contributed by atoms with van der Waals surface area (Å²) < 4.78 is 11.9. The highest BCUT2D eigenvalue weighted by Crippen LogP contribution is 2.53. The number of Topliss-reactive ketones (excluding diaryl/α,β-unsaturated/α-hetero) is 3. The molecule has 5 atom stereocenters. The third kappa shape index (κ3) is 5.97. The van der Waals surface area contributed by atoms with Crippen LogP contribution in [0, 0.1) is 0 Å². The van der Waals surface area contributed by atoms with Crippen LogP contribution in [0.5, 0.6) is 0 Å². The quantitative estimate of drug-likeness (QED) is 0.125. The summed E-state index contributed by atoms with van der Waals surface area (Å²) in [7, 11) is 0. The lowest BCUT2D eigenvalue weighted by Gasteiger charge is -2.58. The number of ether oxygens (including phenoxy) is 2. The highest BCUT2D eigenvalue weighted by Gasteiger charge is 2.80. The van der Waals surface area contributed by atoms with Crippen LogP contribution in [0.25, 0.3) is 0 Å². The minimum Gasteiger partial charge on any atom is -0.459 e. The Morgan fingerprint density at radius 3 is 1.38 bits per heavy atom. The van der Waals surface area contributed by atoms with Gasteiger partial charge in [0.15, 0.2) is 5.60 Å². The Labute approximate surface area is 292 Å². The van der Waals surface area contributed by atoms with Gasteiger partial charge in [0.05, 0.1) is 5.56 Å². The Morgan fingerprint density at radius 2 is 0.920 bits per heavy atom. The van der Waals surface area contributed by atoms with Gasteiger partial charge in [0, 0.05) is 21.6 Å². The van der Waals surface area contributed by atoms with Gasteiger partial charge in [0.25, 0.3) is 0 Å². The molecule has 10 heteroatoms. The van der Waals surface area contributed by atoms with E-state index in [1.165, 1.54) is 84.9 Å². The second-order valence-corrected chi connectivity index (χ2v) is 12.8. The van der Waals surface area contributed by atoms with Crippen molar-refractivity contribution >= 4 is 35.1 Å². The van der Waals surface area contributed by atoms with Crippen LogP contribution in [-0.4, -0.2) is 73.6 Å². The van der Waals surface area contributed by atoms with Crippen molar-refractivity contribution in [1.82, 2.24) is 0 Å². The summed E-state index contributed by atoms with van der Waals surface area (Å²) in [6, 6.07) is 38.2. The maximum atomic E-state index is 14.9. The average Bonchev–Trinajstić information content (AvgIpc) is 3.18. The fraction of sp³-hybridized carbons (Fsp3) is 0.150. The number of ketones is 3. The molecule has 0 unspecified atom stereocenters. The average molecular weight is 689 g/mol. The Morgan fingerprint density at radius 1 is 0.540 bits per heavy atom. The number of aliphatic hydroxyl groups is 3. The first-order valence-electron chi connectivity index (χ1n) is 15.7. The number of carbonyl (C=O) groups is 4. The van der Waals surface area contributed by atoms with Crippen molar-refractivity contribution in [2.24, 2.45) is 0 Å². The van der Waals surface area contributed by atoms with E-state index in [-0.39, 0.29) is 22.3 Å². The molecule has 0 amide bonds. The predicted octanol–water partition coefficient (Wildman–Crippen LogP) is 5.20. The van der Waals surface area contributed by atoms with Gasteiger partial charge in [-0.25, -0.2) is 4.79 Å². The zero-order chi connectivity index (χ0) is 35.4. The van der Waals surface area contributed by atoms with Gasteiger partial charge < -0.3 is 24.8 Å². The molecule has 0 spiro atoms. The van der Waals surface area contributed by atoms with Crippen molar-refractivity contribution in [2.75, 3.05) is 6.61 Å². The highest BCUT2D eigenvalue weighted by atomic mass is 32.2. The molecule has 5 aromatic carbocycles. The predicted molar refractivity (Wildman–Crippen MR) is 185 cm³/mol. The van der Waals surface area contributed by atoms with Crippen LogP contribution in [-0.2, 0) is 9.47 Å². The largest absolute Gasteiger partial charge is 0.459 e. The molecule has 0 saturated carbocycles. The molecule has 0 aromatic heterocycles. The summed E-state index contributed by atoms with van der Waals surface area (Å²) in [5.74, 6) is -4.64. The van der Waals surface area contributed by atoms with E-state index < -0.39 is 58.3 Å². The molecule has 9 nitrogen and oxygen atoms in total. The molecule has 50 heavy (non-hydrogen) atoms. The van der Waals surface area contributed by atoms with Gasteiger partial charge in [0.1, 0.15) is 18.1 Å². The third-order valence-electron chi connectivity index (χ3n) is 8.69. The van der Waals surface area contributed by atoms with Crippen LogP contribution in [0.4, 0.5) is 0 Å². The van der Waals surface area contributed by atoms with Crippen LogP contribution in [0.1, 0.15) is 41.4 Å². The maximum Gasteiger partial charge on any atom is 0.338 e. The van der Waals surface area contributed by atoms with E-state index in [2.05, 4.69) is 0 Å². The zero-order valence-corrected chi connectivity index (χ0v) is 27.3. The zero-order valence-electron chi connectivity index (χ0n) is 26.5. The lowest BCUT2D eigenvalue weighted by molar-refractivity contribution is -0.286. The number of carbonyl (C=O) groups excluding carboxylic acids is 4. The molecule has 3 N–H and O–H groups in total. The van der Waals surface area contributed by atoms with Crippen molar-refractivity contribution in [1.29, 1.82) is 0 Å². The number of esters is 1. The monoisotopic (exact) mass is 688 g/mol. The van der Waals surface area contributed by atoms with E-state index in [1.54, 1.807) is 66.7 Å². The molecule has 1 saturated heterocycles. The standard InChI is InChI=1S/C40H32O9S/c41-33(27-16-6-1-7-17-27)38(45)32(26-48-36(44)30-22-12-4-13-23-30)49-37(50-31-24-14-5-15-25-31)39(46,34(42)28-18-8-2-9-19-28)40(38,47)35(43)29-20-10-3-11-21-29/h1-25,32,37,45-47H,26H2/t32-,37+,38-,39+,40+/m1/s1. The van der Waals surface area contributed by atoms with Crippen molar-refractivity contribution in [3.63, 3.8) is 0 Å². The molecule has 1 fully saturated rings. The smallest absolute Gasteiger partial charge is 0.338 e. The molecular formula is C40H32O9S. The highest BCUT2D eigenvalue weighted by molar-refractivity contribution is 8.00. The molecule has 0 aliphatic carbocycles. The Bertz CT molecular complexity index is 1980. The molecule has 6 rings (SSSR count). The second-order valence-electron chi connectivity index (χ2n) is 11.7. The Hall–Kier alpha value is -5.23. The topological polar surface area (TPSA) is 147 Å². The van der Waals surface area contributed by atoms with E-state index in [4.69, 9.17) is 9.47 Å². The van der Waals surface area contributed by atoms with Gasteiger partial charge in [-0.15, -0.1) is 0 Å². The van der Waals surface area contributed by atoms with E-state index in [0.29, 0.717) is 4.90 Å². The molecule has 252 valence electrons. The van der Waals surface area contributed by atoms with Crippen molar-refractivity contribution < 1.29 is 44.0 Å². The summed E-state index contributed by atoms with van der Waals surface area (Å²) in [5.41, 5.74) is -12.6. The number of thioether (sulfide) groups is 1. The number of benzene rings is 5. The lowest BCUT2D eigenvalue weighted by atomic mass is 9.59. The first kappa shape index (κ1) is 34.6. The summed E-state index contributed by atoms with van der Waals surface area (Å²) >= 11 is 0.784. The molecule has 0 radical (unpaired) electrons. The lowest BCUT2D eigenvalue weighted by Crippen LogP contribution is -2.86. The van der Waals surface area contributed by atoms with Crippen molar-refractivity contribution in [2.45, 2.75) is 33.2 Å². The number of hydrogen-bond acceptors (Lipinski definition) is 10. The molecule has 1 heterocycles.